The van der Waals surface area contributed by atoms with Crippen LogP contribution < -0.4 is 16.2 Å². The van der Waals surface area contributed by atoms with Gasteiger partial charge in [-0.2, -0.15) is 4.99 Å². The molecule has 0 unspecified atom stereocenters. The summed E-state index contributed by atoms with van der Waals surface area (Å²) in [4.78, 5) is 23.3. The van der Waals surface area contributed by atoms with Crippen molar-refractivity contribution in [3.63, 3.8) is 0 Å². The van der Waals surface area contributed by atoms with Crippen LogP contribution in [-0.2, 0) is 4.74 Å². The number of ether oxygens (including phenoxy) is 1. The van der Waals surface area contributed by atoms with Gasteiger partial charge in [-0.05, 0) is 72.2 Å². The van der Waals surface area contributed by atoms with Crippen molar-refractivity contribution >= 4 is 40.6 Å². The number of phenolic OH excluding ortho intramolecular Hbond substituents is 1. The van der Waals surface area contributed by atoms with Crippen LogP contribution in [0.15, 0.2) is 93.3 Å². The highest BCUT2D eigenvalue weighted by molar-refractivity contribution is 6.30. The number of aromatic hydroxyl groups is 1. The van der Waals surface area contributed by atoms with Crippen molar-refractivity contribution < 1.29 is 19.0 Å². The monoisotopic (exact) mass is 576 g/mol. The van der Waals surface area contributed by atoms with E-state index in [1.54, 1.807) is 35.2 Å². The fourth-order valence-electron chi connectivity index (χ4n) is 4.56. The average molecular weight is 577 g/mol. The Morgan fingerprint density at radius 3 is 2.73 bits per heavy atom. The van der Waals surface area contributed by atoms with E-state index in [1.165, 1.54) is 6.08 Å². The van der Waals surface area contributed by atoms with E-state index < -0.39 is 5.83 Å². The van der Waals surface area contributed by atoms with E-state index in [9.17, 15) is 14.3 Å². The van der Waals surface area contributed by atoms with Gasteiger partial charge in [0.1, 0.15) is 5.75 Å². The largest absolute Gasteiger partial charge is 0.508 e. The third-order valence-electron chi connectivity index (χ3n) is 6.61. The first-order valence-electron chi connectivity index (χ1n) is 13.2. The number of morpholine rings is 1. The second-order valence-corrected chi connectivity index (χ2v) is 10.1. The lowest BCUT2D eigenvalue weighted by molar-refractivity contribution is 0.0677. The minimum Gasteiger partial charge on any atom is -0.508 e. The first-order valence-corrected chi connectivity index (χ1v) is 13.6. The maximum absolute atomic E-state index is 14.6. The van der Waals surface area contributed by atoms with Gasteiger partial charge in [-0.15, -0.1) is 0 Å². The molecule has 2 aliphatic heterocycles. The van der Waals surface area contributed by atoms with Gasteiger partial charge in [-0.3, -0.25) is 15.6 Å². The van der Waals surface area contributed by atoms with Crippen LogP contribution in [0.25, 0.3) is 5.57 Å². The van der Waals surface area contributed by atoms with Crippen molar-refractivity contribution in [1.82, 2.24) is 15.8 Å². The van der Waals surface area contributed by atoms with Crippen molar-refractivity contribution in [1.29, 1.82) is 0 Å². The van der Waals surface area contributed by atoms with Crippen molar-refractivity contribution in [2.75, 3.05) is 38.2 Å². The van der Waals surface area contributed by atoms with E-state index >= 15 is 0 Å². The molecule has 0 radical (unpaired) electrons. The highest BCUT2D eigenvalue weighted by Crippen LogP contribution is 2.28. The molecule has 9 nitrogen and oxygen atoms in total. The number of guanidine groups is 1. The van der Waals surface area contributed by atoms with E-state index in [0.29, 0.717) is 43.3 Å². The molecule has 0 spiro atoms. The third kappa shape index (κ3) is 7.22. The number of nitrogens with one attached hydrogen (secondary N) is 3. The summed E-state index contributed by atoms with van der Waals surface area (Å²) < 4.78 is 19.9. The molecular weight excluding hydrogens is 547 g/mol. The number of amides is 1. The predicted octanol–water partition coefficient (Wildman–Crippen LogP) is 4.79. The van der Waals surface area contributed by atoms with E-state index in [1.807, 2.05) is 37.3 Å². The van der Waals surface area contributed by atoms with Gasteiger partial charge < -0.3 is 20.1 Å². The fraction of sp³-hybridized carbons (Fsp3) is 0.233. The Morgan fingerprint density at radius 1 is 1.12 bits per heavy atom. The summed E-state index contributed by atoms with van der Waals surface area (Å²) in [5, 5.41) is 13.9. The number of phenols is 1. The molecule has 0 bridgehead atoms. The summed E-state index contributed by atoms with van der Waals surface area (Å²) in [6.07, 6.45) is 7.73. The van der Waals surface area contributed by atoms with Crippen molar-refractivity contribution in [2.24, 2.45) is 9.98 Å². The molecule has 11 heteroatoms. The molecule has 1 aliphatic carbocycles. The van der Waals surface area contributed by atoms with Crippen molar-refractivity contribution in [3.05, 3.63) is 100 Å². The number of allylic oxidation sites excluding steroid dienone is 5. The molecule has 2 aromatic carbocycles. The number of hydrogen-bond acceptors (Lipinski definition) is 8. The average Bonchev–Trinajstić information content (AvgIpc) is 3.27. The first kappa shape index (κ1) is 28.1. The number of hydrazine groups is 1. The highest BCUT2D eigenvalue weighted by Gasteiger charge is 2.21. The molecule has 212 valence electrons. The minimum atomic E-state index is -0.456. The van der Waals surface area contributed by atoms with Gasteiger partial charge in [0, 0.05) is 41.5 Å². The van der Waals surface area contributed by atoms with Gasteiger partial charge in [0.25, 0.3) is 5.91 Å². The molecule has 0 saturated carbocycles. The quantitative estimate of drug-likeness (QED) is 0.390. The van der Waals surface area contributed by atoms with Crippen LogP contribution in [-0.4, -0.2) is 60.6 Å². The number of rotatable bonds is 4. The molecule has 1 amide bonds. The Kier molecular flexibility index (Phi) is 8.81. The minimum absolute atomic E-state index is 0.0947. The SMILES string of the molecule is Cc1cc(NC2=CC(c3cccc(O)c3)=CCC(Cl)=C2)ccc1C(=O)NNC1=NCC=C(F)C(N2CCOCC2)=N1. The molecule has 4 N–H and O–H groups in total. The number of aliphatic imine (C=N–C) groups is 2. The molecule has 3 aliphatic rings. The van der Waals surface area contributed by atoms with Crippen LogP contribution in [0.3, 0.4) is 0 Å². The molecule has 5 rings (SSSR count). The van der Waals surface area contributed by atoms with Gasteiger partial charge in [0.05, 0.1) is 19.8 Å². The molecule has 1 saturated heterocycles. The molecule has 2 heterocycles. The summed E-state index contributed by atoms with van der Waals surface area (Å²) in [7, 11) is 0. The van der Waals surface area contributed by atoms with Gasteiger partial charge in [-0.1, -0.05) is 29.8 Å². The lowest BCUT2D eigenvalue weighted by Gasteiger charge is -2.28. The van der Waals surface area contributed by atoms with Crippen LogP contribution in [0.4, 0.5) is 10.1 Å². The normalized spacial score (nSPS) is 17.5. The Bertz CT molecular complexity index is 1520. The van der Waals surface area contributed by atoms with Crippen LogP contribution in [0.2, 0.25) is 0 Å². The molecule has 2 aromatic rings. The van der Waals surface area contributed by atoms with E-state index in [2.05, 4.69) is 26.2 Å². The molecule has 1 fully saturated rings. The topological polar surface area (TPSA) is 111 Å². The highest BCUT2D eigenvalue weighted by atomic mass is 35.5. The Morgan fingerprint density at radius 2 is 1.95 bits per heavy atom. The number of aryl methyl sites for hydroxylation is 1. The number of anilines is 1. The number of nitrogens with zero attached hydrogens (tertiary/aromatic N) is 3. The van der Waals surface area contributed by atoms with Gasteiger partial charge >= 0.3 is 0 Å². The standard InChI is InChI=1S/C30H30ClFN6O3/c1-19-15-23(34-24-16-21(5-6-22(31)18-24)20-3-2-4-25(39)17-20)7-8-26(19)29(40)36-37-30-33-10-9-27(32)28(35-30)38-11-13-41-14-12-38/h2-5,7-9,15-18,34,39H,6,10-14H2,1H3,(H,33,37)(H,36,40). The molecule has 0 aromatic heterocycles. The zero-order chi connectivity index (χ0) is 28.8. The lowest BCUT2D eigenvalue weighted by atomic mass is 10.0. The summed E-state index contributed by atoms with van der Waals surface area (Å²) in [6, 6.07) is 12.4. The first-order chi connectivity index (χ1) is 19.9. The summed E-state index contributed by atoms with van der Waals surface area (Å²) >= 11 is 6.41. The maximum atomic E-state index is 14.6. The van der Waals surface area contributed by atoms with Gasteiger partial charge in [0.15, 0.2) is 11.7 Å². The summed E-state index contributed by atoms with van der Waals surface area (Å²) in [5.74, 6) is -0.375. The second-order valence-electron chi connectivity index (χ2n) is 9.59. The third-order valence-corrected chi connectivity index (χ3v) is 6.88. The maximum Gasteiger partial charge on any atom is 0.269 e. The van der Waals surface area contributed by atoms with Crippen LogP contribution in [0, 0.1) is 6.92 Å². The molecule has 41 heavy (non-hydrogen) atoms. The summed E-state index contributed by atoms with van der Waals surface area (Å²) in [5.41, 5.74) is 9.85. The van der Waals surface area contributed by atoms with Crippen LogP contribution in [0.5, 0.6) is 5.75 Å². The molecule has 0 atom stereocenters. The Labute approximate surface area is 242 Å². The number of benzene rings is 2. The van der Waals surface area contributed by atoms with E-state index in [4.69, 9.17) is 16.3 Å². The zero-order valence-electron chi connectivity index (χ0n) is 22.5. The molecular formula is C30H30ClFN6O3. The van der Waals surface area contributed by atoms with Crippen LogP contribution in [0.1, 0.15) is 27.9 Å². The van der Waals surface area contributed by atoms with Crippen molar-refractivity contribution in [3.8, 4) is 5.75 Å². The smallest absolute Gasteiger partial charge is 0.269 e. The second kappa shape index (κ2) is 12.8. The number of amidine groups is 1. The Balaban J connectivity index is 1.26. The zero-order valence-corrected chi connectivity index (χ0v) is 23.2. The number of halogens is 2. The fourth-order valence-corrected chi connectivity index (χ4v) is 4.76. The van der Waals surface area contributed by atoms with Gasteiger partial charge in [-0.25, -0.2) is 9.38 Å². The lowest BCUT2D eigenvalue weighted by Crippen LogP contribution is -2.44. The van der Waals surface area contributed by atoms with E-state index in [-0.39, 0.29) is 30.0 Å². The number of carbonyl (C=O) groups is 1. The van der Waals surface area contributed by atoms with Crippen LogP contribution >= 0.6 is 11.6 Å². The summed E-state index contributed by atoms with van der Waals surface area (Å²) in [6.45, 7) is 3.95. The predicted molar refractivity (Wildman–Crippen MR) is 159 cm³/mol. The van der Waals surface area contributed by atoms with Gasteiger partial charge in [0.2, 0.25) is 5.96 Å². The number of hydrogen-bond donors (Lipinski definition) is 4. The van der Waals surface area contributed by atoms with E-state index in [0.717, 1.165) is 28.1 Å². The Hall–Kier alpha value is -4.41. The van der Waals surface area contributed by atoms with Crippen molar-refractivity contribution in [2.45, 2.75) is 13.3 Å². The number of carbonyl (C=O) groups excluding carboxylic acids is 1.